The summed E-state index contributed by atoms with van der Waals surface area (Å²) >= 11 is 1.48. The molecule has 4 aliphatic heterocycles. The second kappa shape index (κ2) is 18.8. The summed E-state index contributed by atoms with van der Waals surface area (Å²) < 4.78 is 14.3. The van der Waals surface area contributed by atoms with Crippen molar-refractivity contribution < 1.29 is 23.9 Å². The van der Waals surface area contributed by atoms with Crippen LogP contribution in [0.5, 0.6) is 0 Å². The number of pyridine rings is 1. The van der Waals surface area contributed by atoms with E-state index in [9.17, 15) is 14.4 Å². The fourth-order valence-corrected chi connectivity index (χ4v) is 11.4. The number of carbonyl (C=O) groups is 3. The summed E-state index contributed by atoms with van der Waals surface area (Å²) in [6, 6.07) is 8.33. The third kappa shape index (κ3) is 9.18. The fourth-order valence-electron chi connectivity index (χ4n) is 10.6. The van der Waals surface area contributed by atoms with Crippen LogP contribution in [0.2, 0.25) is 0 Å². The molecule has 15 heteroatoms. The Bertz CT molecular complexity index is 2420. The molecule has 3 saturated heterocycles. The topological polar surface area (TPSA) is 137 Å². The molecule has 2 N–H and O–H groups in total. The van der Waals surface area contributed by atoms with Gasteiger partial charge in [-0.05, 0) is 95.2 Å². The molecule has 14 nitrogen and oxygen atoms in total. The Morgan fingerprint density at radius 1 is 1.12 bits per heavy atom. The average molecular weight is 908 g/mol. The van der Waals surface area contributed by atoms with E-state index in [1.807, 2.05) is 50.4 Å². The number of piperidine rings is 1. The summed E-state index contributed by atoms with van der Waals surface area (Å²) in [6.07, 6.45) is 6.74. The lowest BCUT2D eigenvalue weighted by atomic mass is 9.76. The van der Waals surface area contributed by atoms with Crippen LogP contribution in [0.4, 0.5) is 0 Å². The van der Waals surface area contributed by atoms with Gasteiger partial charge in [0.25, 0.3) is 5.91 Å². The second-order valence-corrected chi connectivity index (χ2v) is 20.9. The van der Waals surface area contributed by atoms with E-state index in [2.05, 4.69) is 83.8 Å². The number of fused-ring (bicyclic) bond motifs is 6. The molecule has 0 aliphatic carbocycles. The number of nitrogens with zero attached hydrogens (tertiary/aromatic N) is 7. The lowest BCUT2D eigenvalue weighted by Crippen LogP contribution is -2.66. The first-order chi connectivity index (χ1) is 31.0. The third-order valence-electron chi connectivity index (χ3n) is 14.5. The number of thiazole rings is 1. The number of aromatic nitrogens is 3. The summed E-state index contributed by atoms with van der Waals surface area (Å²) in [5, 5.41) is 8.56. The van der Waals surface area contributed by atoms with Gasteiger partial charge < -0.3 is 34.1 Å². The number of methoxy groups -OCH3 is 1. The molecule has 7 heterocycles. The van der Waals surface area contributed by atoms with Crippen LogP contribution in [0.15, 0.2) is 54.3 Å². The molecule has 4 aliphatic rings. The number of esters is 1. The zero-order valence-electron chi connectivity index (χ0n) is 39.9. The molecule has 0 saturated carbocycles. The van der Waals surface area contributed by atoms with Crippen molar-refractivity contribution in [1.29, 1.82) is 0 Å². The zero-order chi connectivity index (χ0) is 46.4. The van der Waals surface area contributed by atoms with Gasteiger partial charge in [-0.3, -0.25) is 24.4 Å². The molecule has 0 radical (unpaired) electrons. The molecular formula is C50H69N9O5S. The Morgan fingerprint density at radius 2 is 1.88 bits per heavy atom. The van der Waals surface area contributed by atoms with Crippen molar-refractivity contribution in [2.45, 2.75) is 123 Å². The predicted octanol–water partition coefficient (Wildman–Crippen LogP) is 6.80. The van der Waals surface area contributed by atoms with E-state index in [0.29, 0.717) is 25.8 Å². The van der Waals surface area contributed by atoms with Crippen LogP contribution in [0.25, 0.3) is 33.4 Å². The number of amides is 2. The van der Waals surface area contributed by atoms with Crippen LogP contribution in [0, 0.1) is 11.3 Å². The van der Waals surface area contributed by atoms with Gasteiger partial charge in [0.2, 0.25) is 5.91 Å². The van der Waals surface area contributed by atoms with Crippen molar-refractivity contribution in [1.82, 2.24) is 45.0 Å². The molecule has 6 bridgehead atoms. The van der Waals surface area contributed by atoms with E-state index in [1.54, 1.807) is 7.11 Å². The highest BCUT2D eigenvalue weighted by atomic mass is 32.1. The third-order valence-corrected chi connectivity index (χ3v) is 15.4. The molecule has 4 aromatic rings. The number of nitrogens with one attached hydrogen (secondary N) is 2. The number of aryl methyl sites for hydroxylation is 1. The standard InChI is InChI=1S/C50H69N9O5S/c1-11-57-41-17-16-34-26-36(41)37(45(57)35-14-12-21-51-43(35)32(4)63-10)28-49(6,7)30-64-48(62)38-15-13-22-59(54-38)47(61)39(27-42-52-40(34)29-65-42)53-46(60)44(31(2)3)56(9)33(5)58-25-20-50(58)18-23-55(8)24-19-50/h12,14,16-17,21,26,29,31-32,38-39,44,54H,5,11,13,15,18-20,22-25,27-28,30H2,1-4,6-10H3,(H,53,60)/t32-,38-,39-,44-/m0/s1. The molecule has 4 atom stereocenters. The Kier molecular flexibility index (Phi) is 13.5. The highest BCUT2D eigenvalue weighted by Gasteiger charge is 2.48. The number of hydrazine groups is 1. The van der Waals surface area contributed by atoms with E-state index in [-0.39, 0.29) is 42.4 Å². The lowest BCUT2D eigenvalue weighted by Gasteiger charge is -2.59. The molecular weight excluding hydrogens is 839 g/mol. The Labute approximate surface area is 388 Å². The van der Waals surface area contributed by atoms with Crippen LogP contribution in [0.3, 0.4) is 0 Å². The number of rotatable bonds is 10. The van der Waals surface area contributed by atoms with Crippen molar-refractivity contribution in [3.8, 4) is 22.5 Å². The van der Waals surface area contributed by atoms with Gasteiger partial charge in [0, 0.05) is 97.9 Å². The van der Waals surface area contributed by atoms with Gasteiger partial charge >= 0.3 is 5.97 Å². The molecule has 0 unspecified atom stereocenters. The summed E-state index contributed by atoms with van der Waals surface area (Å²) in [5.41, 5.74) is 9.71. The highest BCUT2D eigenvalue weighted by Crippen LogP contribution is 2.44. The fraction of sp³-hybridized carbons (Fsp3) is 0.580. The largest absolute Gasteiger partial charge is 0.464 e. The predicted molar refractivity (Wildman–Crippen MR) is 256 cm³/mol. The minimum absolute atomic E-state index is 0.0724. The van der Waals surface area contributed by atoms with E-state index in [1.165, 1.54) is 16.3 Å². The number of likely N-dealkylation sites (tertiary alicyclic amines) is 2. The Balaban J connectivity index is 1.16. The van der Waals surface area contributed by atoms with Gasteiger partial charge in [-0.15, -0.1) is 11.3 Å². The monoisotopic (exact) mass is 908 g/mol. The maximum atomic E-state index is 14.7. The SMILES string of the molecule is C=C(N(C)[C@H](C(=O)N[C@H]1Cc2nc(cs2)-c2ccc3c(c2)c(c(-c2cccnc2[C@H](C)OC)n3CC)CC(C)(C)COC(=O)[C@@H]2CCCN(N2)C1=O)C(C)C)N1CCC12CCN(C)CC2. The Morgan fingerprint density at radius 3 is 2.57 bits per heavy atom. The number of carbonyl (C=O) groups excluding carboxylic acids is 3. The summed E-state index contributed by atoms with van der Waals surface area (Å²) in [5.74, 6) is -0.218. The number of ether oxygens (including phenoxy) is 2. The first-order valence-corrected chi connectivity index (χ1v) is 24.4. The van der Waals surface area contributed by atoms with Crippen molar-refractivity contribution >= 4 is 40.0 Å². The first-order valence-electron chi connectivity index (χ1n) is 23.5. The number of benzene rings is 1. The van der Waals surface area contributed by atoms with Gasteiger partial charge in [-0.1, -0.05) is 40.3 Å². The number of hydrogen-bond acceptors (Lipinski definition) is 12. The van der Waals surface area contributed by atoms with Gasteiger partial charge in [-0.2, -0.15) is 0 Å². The summed E-state index contributed by atoms with van der Waals surface area (Å²) in [7, 11) is 5.82. The Hall–Kier alpha value is -4.83. The molecule has 350 valence electrons. The number of likely N-dealkylation sites (N-methyl/N-ethyl adjacent to an activating group) is 1. The van der Waals surface area contributed by atoms with Crippen molar-refractivity contribution in [3.63, 3.8) is 0 Å². The van der Waals surface area contributed by atoms with Crippen molar-refractivity contribution in [2.75, 3.05) is 54.0 Å². The van der Waals surface area contributed by atoms with Gasteiger partial charge in [0.05, 0.1) is 40.6 Å². The average Bonchev–Trinajstić information content (AvgIpc) is 3.88. The van der Waals surface area contributed by atoms with Crippen LogP contribution in [-0.2, 0) is 43.2 Å². The molecule has 2 amide bonds. The maximum Gasteiger partial charge on any atom is 0.324 e. The summed E-state index contributed by atoms with van der Waals surface area (Å²) in [6.45, 7) is 21.3. The molecule has 1 spiro atoms. The van der Waals surface area contributed by atoms with E-state index in [4.69, 9.17) is 19.4 Å². The van der Waals surface area contributed by atoms with E-state index < -0.39 is 29.5 Å². The van der Waals surface area contributed by atoms with Crippen LogP contribution >= 0.6 is 11.3 Å². The minimum Gasteiger partial charge on any atom is -0.464 e. The molecule has 1 aromatic carbocycles. The molecule has 3 fully saturated rings. The maximum absolute atomic E-state index is 14.7. The number of hydrogen-bond donors (Lipinski definition) is 2. The lowest BCUT2D eigenvalue weighted by molar-refractivity contribution is -0.155. The van der Waals surface area contributed by atoms with Crippen molar-refractivity contribution in [3.05, 3.63) is 70.6 Å². The molecule has 65 heavy (non-hydrogen) atoms. The molecule has 3 aromatic heterocycles. The smallest absolute Gasteiger partial charge is 0.324 e. The molecule has 8 rings (SSSR count). The van der Waals surface area contributed by atoms with E-state index in [0.717, 1.165) is 101 Å². The minimum atomic E-state index is -0.952. The van der Waals surface area contributed by atoms with Crippen LogP contribution in [-0.4, -0.2) is 130 Å². The van der Waals surface area contributed by atoms with Gasteiger partial charge in [0.15, 0.2) is 0 Å². The van der Waals surface area contributed by atoms with Crippen molar-refractivity contribution in [2.24, 2.45) is 11.3 Å². The summed E-state index contributed by atoms with van der Waals surface area (Å²) in [4.78, 5) is 60.1. The van der Waals surface area contributed by atoms with Gasteiger partial charge in [0.1, 0.15) is 18.1 Å². The van der Waals surface area contributed by atoms with Crippen LogP contribution < -0.4 is 10.7 Å². The number of cyclic esters (lactones) is 1. The second-order valence-electron chi connectivity index (χ2n) is 19.9. The normalized spacial score (nSPS) is 22.3. The highest BCUT2D eigenvalue weighted by molar-refractivity contribution is 7.10. The zero-order valence-corrected chi connectivity index (χ0v) is 40.7. The first kappa shape index (κ1) is 46.7. The van der Waals surface area contributed by atoms with Crippen LogP contribution in [0.1, 0.15) is 96.0 Å². The van der Waals surface area contributed by atoms with E-state index >= 15 is 0 Å². The van der Waals surface area contributed by atoms with Gasteiger partial charge in [-0.25, -0.2) is 10.4 Å². The quantitative estimate of drug-likeness (QED) is 0.163.